The van der Waals surface area contributed by atoms with Crippen LogP contribution in [0.5, 0.6) is 5.75 Å². The fourth-order valence-corrected chi connectivity index (χ4v) is 2.60. The van der Waals surface area contributed by atoms with Crippen LogP contribution in [0.4, 0.5) is 0 Å². The van der Waals surface area contributed by atoms with Crippen LogP contribution in [0.2, 0.25) is 0 Å². The highest BCUT2D eigenvalue weighted by Gasteiger charge is 2.11. The van der Waals surface area contributed by atoms with E-state index in [4.69, 9.17) is 10.5 Å². The predicted octanol–water partition coefficient (Wildman–Crippen LogP) is 2.37. The summed E-state index contributed by atoms with van der Waals surface area (Å²) in [6, 6.07) is 16.7. The molecule has 3 rings (SSSR count). The van der Waals surface area contributed by atoms with Gasteiger partial charge in [0.25, 0.3) is 5.56 Å². The molecule has 2 aromatic carbocycles. The molecule has 0 aliphatic heterocycles. The smallest absolute Gasteiger partial charge is 0.251 e. The molecule has 0 fully saturated rings. The van der Waals surface area contributed by atoms with Gasteiger partial charge in [0.15, 0.2) is 0 Å². The summed E-state index contributed by atoms with van der Waals surface area (Å²) in [6.07, 6.45) is 0. The Morgan fingerprint density at radius 1 is 1.08 bits per heavy atom. The molecule has 24 heavy (non-hydrogen) atoms. The Balaban J connectivity index is 2.00. The molecule has 0 atom stereocenters. The number of fused-ring (bicyclic) bond motifs is 1. The Hall–Kier alpha value is -3.08. The second-order valence-corrected chi connectivity index (χ2v) is 5.69. The van der Waals surface area contributed by atoms with Crippen molar-refractivity contribution in [1.29, 1.82) is 0 Å². The van der Waals surface area contributed by atoms with E-state index in [2.05, 4.69) is 0 Å². The summed E-state index contributed by atoms with van der Waals surface area (Å²) in [4.78, 5) is 23.4. The van der Waals surface area contributed by atoms with Crippen LogP contribution in [0.15, 0.2) is 59.4 Å². The summed E-state index contributed by atoms with van der Waals surface area (Å²) in [5, 5.41) is 0.817. The van der Waals surface area contributed by atoms with Crippen molar-refractivity contribution in [2.75, 3.05) is 0 Å². The number of hydrogen-bond donors (Lipinski definition) is 1. The lowest BCUT2D eigenvalue weighted by Crippen LogP contribution is -2.27. The molecule has 0 spiro atoms. The number of aryl methyl sites for hydroxylation is 1. The topological polar surface area (TPSA) is 74.3 Å². The maximum Gasteiger partial charge on any atom is 0.251 e. The standard InChI is InChI=1S/C19H18N2O3/c1-13-5-7-14(8-6-13)12-24-16-4-2-3-15-9-10-18(23)21(19(15)16)11-17(20)22/h2-10H,11-12H2,1H3,(H2,20,22). The Bertz CT molecular complexity index is 943. The van der Waals surface area contributed by atoms with Crippen molar-refractivity contribution in [2.24, 2.45) is 5.73 Å². The largest absolute Gasteiger partial charge is 0.487 e. The van der Waals surface area contributed by atoms with Crippen LogP contribution in [0.3, 0.4) is 0 Å². The number of amides is 1. The molecule has 0 bridgehead atoms. The summed E-state index contributed by atoms with van der Waals surface area (Å²) in [6.45, 7) is 2.22. The normalized spacial score (nSPS) is 10.7. The molecule has 0 radical (unpaired) electrons. The molecule has 1 amide bonds. The van der Waals surface area contributed by atoms with Crippen LogP contribution in [-0.4, -0.2) is 10.5 Å². The van der Waals surface area contributed by atoms with Gasteiger partial charge in [-0.2, -0.15) is 0 Å². The molecule has 0 saturated heterocycles. The van der Waals surface area contributed by atoms with Crippen molar-refractivity contribution in [1.82, 2.24) is 4.57 Å². The lowest BCUT2D eigenvalue weighted by Gasteiger charge is -2.14. The van der Waals surface area contributed by atoms with Crippen LogP contribution in [-0.2, 0) is 17.9 Å². The van der Waals surface area contributed by atoms with Gasteiger partial charge in [-0.1, -0.05) is 42.0 Å². The van der Waals surface area contributed by atoms with Gasteiger partial charge in [0.1, 0.15) is 18.9 Å². The van der Waals surface area contributed by atoms with E-state index < -0.39 is 5.91 Å². The first-order chi connectivity index (χ1) is 11.5. The highest BCUT2D eigenvalue weighted by molar-refractivity contribution is 5.86. The molecule has 2 N–H and O–H groups in total. The third-order valence-corrected chi connectivity index (χ3v) is 3.80. The van der Waals surface area contributed by atoms with Gasteiger partial charge < -0.3 is 10.5 Å². The Morgan fingerprint density at radius 3 is 2.54 bits per heavy atom. The zero-order valence-corrected chi connectivity index (χ0v) is 13.4. The minimum atomic E-state index is -0.571. The maximum absolute atomic E-state index is 12.1. The van der Waals surface area contributed by atoms with Crippen molar-refractivity contribution in [3.63, 3.8) is 0 Å². The molecule has 1 heterocycles. The molecule has 5 nitrogen and oxygen atoms in total. The molecular formula is C19H18N2O3. The van der Waals surface area contributed by atoms with Crippen LogP contribution in [0, 0.1) is 6.92 Å². The first kappa shape index (κ1) is 15.8. The Kier molecular flexibility index (Phi) is 4.33. The second kappa shape index (κ2) is 6.58. The van der Waals surface area contributed by atoms with Crippen molar-refractivity contribution < 1.29 is 9.53 Å². The molecule has 122 valence electrons. The number of nitrogens with zero attached hydrogens (tertiary/aromatic N) is 1. The van der Waals surface area contributed by atoms with Gasteiger partial charge in [-0.05, 0) is 24.6 Å². The first-order valence-corrected chi connectivity index (χ1v) is 7.64. The number of carbonyl (C=O) groups excluding carboxylic acids is 1. The fraction of sp³-hybridized carbons (Fsp3) is 0.158. The van der Waals surface area contributed by atoms with Gasteiger partial charge >= 0.3 is 0 Å². The lowest BCUT2D eigenvalue weighted by atomic mass is 10.1. The van der Waals surface area contributed by atoms with Crippen LogP contribution in [0.1, 0.15) is 11.1 Å². The minimum absolute atomic E-state index is 0.179. The minimum Gasteiger partial charge on any atom is -0.487 e. The third-order valence-electron chi connectivity index (χ3n) is 3.80. The SMILES string of the molecule is Cc1ccc(COc2cccc3ccc(=O)n(CC(N)=O)c23)cc1. The number of ether oxygens (including phenoxy) is 1. The summed E-state index contributed by atoms with van der Waals surface area (Å²) in [5.41, 5.74) is 7.77. The molecule has 1 aromatic heterocycles. The molecule has 0 saturated carbocycles. The third kappa shape index (κ3) is 3.30. The quantitative estimate of drug-likeness (QED) is 0.783. The number of hydrogen-bond acceptors (Lipinski definition) is 3. The first-order valence-electron chi connectivity index (χ1n) is 7.64. The second-order valence-electron chi connectivity index (χ2n) is 5.69. The van der Waals surface area contributed by atoms with Crippen LogP contribution >= 0.6 is 0 Å². The van der Waals surface area contributed by atoms with Crippen molar-refractivity contribution in [3.8, 4) is 5.75 Å². The highest BCUT2D eigenvalue weighted by Crippen LogP contribution is 2.25. The summed E-state index contributed by atoms with van der Waals surface area (Å²) in [5.74, 6) is -0.0232. The lowest BCUT2D eigenvalue weighted by molar-refractivity contribution is -0.118. The summed E-state index contributed by atoms with van der Waals surface area (Å²) >= 11 is 0. The number of para-hydroxylation sites is 1. The van der Waals surface area contributed by atoms with Gasteiger partial charge in [0.05, 0.1) is 5.52 Å². The predicted molar refractivity (Wildman–Crippen MR) is 92.9 cm³/mol. The van der Waals surface area contributed by atoms with E-state index >= 15 is 0 Å². The van der Waals surface area contributed by atoms with Gasteiger partial charge in [-0.25, -0.2) is 0 Å². The molecular weight excluding hydrogens is 304 g/mol. The number of primary amides is 1. The zero-order valence-electron chi connectivity index (χ0n) is 13.4. The van der Waals surface area contributed by atoms with Gasteiger partial charge in [0, 0.05) is 11.5 Å². The van der Waals surface area contributed by atoms with E-state index in [1.807, 2.05) is 43.3 Å². The van der Waals surface area contributed by atoms with E-state index in [-0.39, 0.29) is 12.1 Å². The molecule has 0 aliphatic rings. The van der Waals surface area contributed by atoms with Gasteiger partial charge in [-0.3, -0.25) is 14.2 Å². The van der Waals surface area contributed by atoms with Gasteiger partial charge in [-0.15, -0.1) is 0 Å². The Morgan fingerprint density at radius 2 is 1.83 bits per heavy atom. The van der Waals surface area contributed by atoms with E-state index in [0.29, 0.717) is 17.9 Å². The van der Waals surface area contributed by atoms with E-state index in [0.717, 1.165) is 10.9 Å². The van der Waals surface area contributed by atoms with Crippen LogP contribution < -0.4 is 16.0 Å². The summed E-state index contributed by atoms with van der Waals surface area (Å²) in [7, 11) is 0. The molecule has 0 unspecified atom stereocenters. The number of aromatic nitrogens is 1. The fourth-order valence-electron chi connectivity index (χ4n) is 2.60. The van der Waals surface area contributed by atoms with E-state index in [1.54, 1.807) is 12.1 Å². The van der Waals surface area contributed by atoms with Crippen molar-refractivity contribution in [3.05, 3.63) is 76.1 Å². The highest BCUT2D eigenvalue weighted by atomic mass is 16.5. The van der Waals surface area contributed by atoms with E-state index in [1.165, 1.54) is 16.2 Å². The molecule has 3 aromatic rings. The summed E-state index contributed by atoms with van der Waals surface area (Å²) < 4.78 is 7.26. The average Bonchev–Trinajstić information content (AvgIpc) is 2.56. The number of benzene rings is 2. The number of carbonyl (C=O) groups is 1. The molecule has 0 aliphatic carbocycles. The zero-order chi connectivity index (χ0) is 17.1. The number of rotatable bonds is 5. The van der Waals surface area contributed by atoms with Gasteiger partial charge in [0.2, 0.25) is 5.91 Å². The monoisotopic (exact) mass is 322 g/mol. The number of pyridine rings is 1. The van der Waals surface area contributed by atoms with Crippen LogP contribution in [0.25, 0.3) is 10.9 Å². The average molecular weight is 322 g/mol. The Labute approximate surface area is 139 Å². The van der Waals surface area contributed by atoms with Crippen molar-refractivity contribution >= 4 is 16.8 Å². The number of nitrogens with two attached hydrogens (primary N) is 1. The van der Waals surface area contributed by atoms with E-state index in [9.17, 15) is 9.59 Å². The maximum atomic E-state index is 12.1. The molecule has 5 heteroatoms. The van der Waals surface area contributed by atoms with Crippen molar-refractivity contribution in [2.45, 2.75) is 20.1 Å².